The lowest BCUT2D eigenvalue weighted by atomic mass is 10.2. The second kappa shape index (κ2) is 7.92. The van der Waals surface area contributed by atoms with Crippen molar-refractivity contribution in [3.05, 3.63) is 28.7 Å². The van der Waals surface area contributed by atoms with Crippen molar-refractivity contribution in [2.45, 2.75) is 68.8 Å². The Labute approximate surface area is 169 Å². The maximum absolute atomic E-state index is 13.3. The smallest absolute Gasteiger partial charge is 0.253 e. The van der Waals surface area contributed by atoms with Crippen LogP contribution in [0.1, 0.15) is 61.6 Å². The number of nitrogens with zero attached hydrogens (tertiary/aromatic N) is 4. The molecule has 28 heavy (non-hydrogen) atoms. The number of sulfonamides is 1. The van der Waals surface area contributed by atoms with Gasteiger partial charge < -0.3 is 9.88 Å². The van der Waals surface area contributed by atoms with Gasteiger partial charge in [0.25, 0.3) is 10.0 Å². The molecule has 2 aliphatic rings. The van der Waals surface area contributed by atoms with Gasteiger partial charge in [-0.15, -0.1) is 21.5 Å². The van der Waals surface area contributed by atoms with E-state index in [9.17, 15) is 13.2 Å². The van der Waals surface area contributed by atoms with Gasteiger partial charge >= 0.3 is 0 Å². The quantitative estimate of drug-likeness (QED) is 0.795. The molecule has 0 bridgehead atoms. The summed E-state index contributed by atoms with van der Waals surface area (Å²) in [6.45, 7) is 3.15. The van der Waals surface area contributed by atoms with Crippen molar-refractivity contribution >= 4 is 27.3 Å². The van der Waals surface area contributed by atoms with Crippen molar-refractivity contribution in [3.63, 3.8) is 0 Å². The summed E-state index contributed by atoms with van der Waals surface area (Å²) >= 11 is 1.21. The normalized spacial score (nSPS) is 20.7. The second-order valence-electron chi connectivity index (χ2n) is 7.34. The molecule has 10 heteroatoms. The van der Waals surface area contributed by atoms with Crippen LogP contribution in [0.2, 0.25) is 0 Å². The highest BCUT2D eigenvalue weighted by atomic mass is 32.2. The molecule has 4 rings (SSSR count). The number of rotatable bonds is 5. The van der Waals surface area contributed by atoms with Gasteiger partial charge in [-0.25, -0.2) is 8.42 Å². The highest BCUT2D eigenvalue weighted by Crippen LogP contribution is 2.38. The van der Waals surface area contributed by atoms with Gasteiger partial charge in [0.15, 0.2) is 5.82 Å². The van der Waals surface area contributed by atoms with Crippen LogP contribution in [-0.2, 0) is 34.3 Å². The molecule has 152 valence electrons. The first-order valence-corrected chi connectivity index (χ1v) is 12.0. The van der Waals surface area contributed by atoms with Crippen molar-refractivity contribution in [3.8, 4) is 0 Å². The maximum Gasteiger partial charge on any atom is 0.253 e. The maximum atomic E-state index is 13.3. The number of nitrogens with one attached hydrogen (secondary N) is 1. The molecule has 8 nitrogen and oxygen atoms in total. The summed E-state index contributed by atoms with van der Waals surface area (Å²) in [6, 6.07) is 3.14. The van der Waals surface area contributed by atoms with Crippen LogP contribution in [0.3, 0.4) is 0 Å². The number of fused-ring (bicyclic) bond motifs is 1. The Morgan fingerprint density at radius 2 is 2.07 bits per heavy atom. The van der Waals surface area contributed by atoms with E-state index < -0.39 is 10.0 Å². The minimum atomic E-state index is -3.61. The van der Waals surface area contributed by atoms with Crippen molar-refractivity contribution in [1.82, 2.24) is 24.4 Å². The third-order valence-electron chi connectivity index (χ3n) is 5.35. The fourth-order valence-electron chi connectivity index (χ4n) is 3.96. The third-order valence-corrected chi connectivity index (χ3v) is 8.81. The lowest BCUT2D eigenvalue weighted by molar-refractivity contribution is -0.119. The van der Waals surface area contributed by atoms with Gasteiger partial charge in [0, 0.05) is 31.3 Å². The van der Waals surface area contributed by atoms with Gasteiger partial charge in [-0.3, -0.25) is 4.79 Å². The Hall–Kier alpha value is -1.78. The Bertz CT molecular complexity index is 966. The number of thiophene rings is 1. The second-order valence-corrected chi connectivity index (χ2v) is 10.6. The number of aromatic nitrogens is 3. The Balaban J connectivity index is 1.59. The van der Waals surface area contributed by atoms with Gasteiger partial charge in [-0.2, -0.15) is 4.31 Å². The van der Waals surface area contributed by atoms with E-state index in [0.717, 1.165) is 55.2 Å². The highest BCUT2D eigenvalue weighted by Gasteiger charge is 2.40. The zero-order chi connectivity index (χ0) is 19.7. The van der Waals surface area contributed by atoms with Crippen LogP contribution in [0.15, 0.2) is 16.3 Å². The summed E-state index contributed by atoms with van der Waals surface area (Å²) in [6.07, 6.45) is 5.84. The number of hydrogen-bond donors (Lipinski definition) is 1. The monoisotopic (exact) mass is 423 g/mol. The van der Waals surface area contributed by atoms with Crippen LogP contribution in [0.25, 0.3) is 0 Å². The first kappa shape index (κ1) is 19.5. The van der Waals surface area contributed by atoms with Crippen molar-refractivity contribution < 1.29 is 13.2 Å². The number of carbonyl (C=O) groups is 1. The van der Waals surface area contributed by atoms with Crippen LogP contribution in [0, 0.1) is 0 Å². The summed E-state index contributed by atoms with van der Waals surface area (Å²) in [5, 5.41) is 11.5. The summed E-state index contributed by atoms with van der Waals surface area (Å²) in [5.74, 6) is 1.63. The predicted molar refractivity (Wildman–Crippen MR) is 105 cm³/mol. The van der Waals surface area contributed by atoms with Gasteiger partial charge in [0.05, 0.1) is 12.6 Å². The molecular weight excluding hydrogens is 398 g/mol. The third kappa shape index (κ3) is 3.72. The van der Waals surface area contributed by atoms with Gasteiger partial charge in [-0.1, -0.05) is 6.42 Å². The number of carbonyl (C=O) groups excluding carboxylic acids is 1. The SMILES string of the molecule is CC(=O)NCc1ccc(S(=O)(=O)N2CCCC2c2nnc3n2CCCCC3)s1. The molecule has 4 heterocycles. The van der Waals surface area contributed by atoms with E-state index in [0.29, 0.717) is 17.3 Å². The molecule has 1 unspecified atom stereocenters. The molecule has 1 amide bonds. The molecule has 0 aromatic carbocycles. The van der Waals surface area contributed by atoms with Crippen molar-refractivity contribution in [2.24, 2.45) is 0 Å². The van der Waals surface area contributed by atoms with E-state index in [1.165, 1.54) is 24.7 Å². The van der Waals surface area contributed by atoms with Crippen LogP contribution in [-0.4, -0.2) is 39.9 Å². The summed E-state index contributed by atoms with van der Waals surface area (Å²) in [7, 11) is -3.61. The zero-order valence-corrected chi connectivity index (χ0v) is 17.6. The number of amides is 1. The lowest BCUT2D eigenvalue weighted by Gasteiger charge is -2.23. The topological polar surface area (TPSA) is 97.2 Å². The first-order valence-electron chi connectivity index (χ1n) is 9.74. The molecule has 2 aromatic rings. The first-order chi connectivity index (χ1) is 13.5. The van der Waals surface area contributed by atoms with Crippen molar-refractivity contribution in [1.29, 1.82) is 0 Å². The molecule has 0 spiro atoms. The summed E-state index contributed by atoms with van der Waals surface area (Å²) in [4.78, 5) is 11.9. The molecule has 2 aliphatic heterocycles. The average molecular weight is 424 g/mol. The standard InChI is InChI=1S/C18H25N5O3S2/c1-13(24)19-12-14-8-9-17(27-14)28(25,26)23-11-5-6-15(23)18-21-20-16-7-3-2-4-10-22(16)18/h8-9,15H,2-7,10-12H2,1H3,(H,19,24). The van der Waals surface area contributed by atoms with Crippen LogP contribution in [0.4, 0.5) is 0 Å². The van der Waals surface area contributed by atoms with E-state index >= 15 is 0 Å². The lowest BCUT2D eigenvalue weighted by Crippen LogP contribution is -2.31. The Morgan fingerprint density at radius 1 is 1.21 bits per heavy atom. The summed E-state index contributed by atoms with van der Waals surface area (Å²) in [5.41, 5.74) is 0. The Morgan fingerprint density at radius 3 is 2.89 bits per heavy atom. The fourth-order valence-corrected chi connectivity index (χ4v) is 7.04. The number of aryl methyl sites for hydroxylation is 1. The molecule has 0 radical (unpaired) electrons. The van der Waals surface area contributed by atoms with E-state index in [-0.39, 0.29) is 11.9 Å². The Kier molecular flexibility index (Phi) is 5.52. The molecule has 1 atom stereocenters. The summed E-state index contributed by atoms with van der Waals surface area (Å²) < 4.78 is 30.7. The minimum Gasteiger partial charge on any atom is -0.351 e. The molecule has 1 N–H and O–H groups in total. The molecule has 0 saturated carbocycles. The van der Waals surface area contributed by atoms with E-state index in [2.05, 4.69) is 20.1 Å². The molecule has 1 fully saturated rings. The van der Waals surface area contributed by atoms with Gasteiger partial charge in [-0.05, 0) is 37.8 Å². The number of hydrogen-bond acceptors (Lipinski definition) is 6. The van der Waals surface area contributed by atoms with Gasteiger partial charge in [0.2, 0.25) is 5.91 Å². The van der Waals surface area contributed by atoms with Crippen molar-refractivity contribution in [2.75, 3.05) is 6.54 Å². The minimum absolute atomic E-state index is 0.134. The average Bonchev–Trinajstić information content (AvgIpc) is 3.37. The van der Waals surface area contributed by atoms with E-state index in [4.69, 9.17) is 0 Å². The predicted octanol–water partition coefficient (Wildman–Crippen LogP) is 2.23. The fraction of sp³-hybridized carbons (Fsp3) is 0.611. The molecule has 1 saturated heterocycles. The van der Waals surface area contributed by atoms with Crippen LogP contribution < -0.4 is 5.32 Å². The molecular formula is C18H25N5O3S2. The van der Waals surface area contributed by atoms with E-state index in [1.807, 2.05) is 0 Å². The van der Waals surface area contributed by atoms with Crippen LogP contribution in [0.5, 0.6) is 0 Å². The van der Waals surface area contributed by atoms with Crippen LogP contribution >= 0.6 is 11.3 Å². The largest absolute Gasteiger partial charge is 0.351 e. The van der Waals surface area contributed by atoms with E-state index in [1.54, 1.807) is 16.4 Å². The zero-order valence-electron chi connectivity index (χ0n) is 15.9. The van der Waals surface area contributed by atoms with Gasteiger partial charge in [0.1, 0.15) is 10.0 Å². The molecule has 0 aliphatic carbocycles. The highest BCUT2D eigenvalue weighted by molar-refractivity contribution is 7.91. The molecule has 2 aromatic heterocycles.